The Morgan fingerprint density at radius 2 is 0.972 bits per heavy atom. The number of phenols is 2. The molecular weight excluding hydrogens is 464 g/mol. The molecule has 0 atom stereocenters. The zero-order valence-corrected chi connectivity index (χ0v) is 22.5. The van der Waals surface area contributed by atoms with Crippen LogP contribution in [-0.4, -0.2) is 64.6 Å². The van der Waals surface area contributed by atoms with Crippen LogP contribution in [0.4, 0.5) is 0 Å². The summed E-state index contributed by atoms with van der Waals surface area (Å²) in [5.41, 5.74) is 4.22. The van der Waals surface area contributed by atoms with Crippen LogP contribution in [0.25, 0.3) is 0 Å². The van der Waals surface area contributed by atoms with E-state index in [1.165, 1.54) is 0 Å². The second-order valence-corrected chi connectivity index (χ2v) is 9.07. The number of phenolic OH excluding ortho intramolecular Hbond substituents is 2. The molecule has 202 valence electrons. The normalized spacial score (nSPS) is 11.8. The van der Waals surface area contributed by atoms with Crippen LogP contribution in [0.15, 0.2) is 24.3 Å². The van der Waals surface area contributed by atoms with Gasteiger partial charge in [-0.2, -0.15) is 0 Å². The molecule has 0 aliphatic rings. The van der Waals surface area contributed by atoms with E-state index in [2.05, 4.69) is 13.8 Å². The third-order valence-electron chi connectivity index (χ3n) is 6.10. The van der Waals surface area contributed by atoms with E-state index in [-0.39, 0.29) is 37.9 Å². The minimum atomic E-state index is -0.478. The minimum absolute atomic E-state index is 0.169. The van der Waals surface area contributed by atoms with Crippen LogP contribution >= 0.6 is 0 Å². The monoisotopic (exact) mass is 506 g/mol. The van der Waals surface area contributed by atoms with Crippen molar-refractivity contribution in [1.82, 2.24) is 0 Å². The molecule has 8 nitrogen and oxygen atoms in total. The number of hydrogen-bond acceptors (Lipinski definition) is 8. The van der Waals surface area contributed by atoms with E-state index in [0.717, 1.165) is 11.1 Å². The maximum atomic E-state index is 10.9. The Morgan fingerprint density at radius 1 is 0.583 bits per heavy atom. The first-order valence-corrected chi connectivity index (χ1v) is 12.2. The molecule has 0 amide bonds. The molecule has 0 aliphatic heterocycles. The Morgan fingerprint density at radius 3 is 1.36 bits per heavy atom. The molecule has 0 saturated carbocycles. The Hall–Kier alpha value is -2.20. The van der Waals surface area contributed by atoms with E-state index in [1.54, 1.807) is 21.3 Å². The number of rotatable bonds is 17. The summed E-state index contributed by atoms with van der Waals surface area (Å²) < 4.78 is 32.5. The lowest BCUT2D eigenvalue weighted by Crippen LogP contribution is -2.21. The van der Waals surface area contributed by atoms with E-state index >= 15 is 0 Å². The molecule has 36 heavy (non-hydrogen) atoms. The maximum absolute atomic E-state index is 10.9. The smallest absolute Gasteiger partial charge is 0.126 e. The quantitative estimate of drug-likeness (QED) is 0.304. The van der Waals surface area contributed by atoms with Crippen molar-refractivity contribution >= 4 is 0 Å². The molecule has 0 unspecified atom stereocenters. The predicted molar refractivity (Wildman–Crippen MR) is 137 cm³/mol. The van der Waals surface area contributed by atoms with Crippen LogP contribution in [0.5, 0.6) is 11.5 Å². The molecule has 8 heteroatoms. The predicted octanol–water partition coefficient (Wildman–Crippen LogP) is 4.43. The van der Waals surface area contributed by atoms with Crippen LogP contribution < -0.4 is 0 Å². The van der Waals surface area contributed by atoms with Gasteiger partial charge in [-0.1, -0.05) is 13.8 Å². The van der Waals surface area contributed by atoms with Crippen molar-refractivity contribution in [2.45, 2.75) is 52.6 Å². The van der Waals surface area contributed by atoms with Gasteiger partial charge in [0.05, 0.1) is 52.9 Å². The van der Waals surface area contributed by atoms with Gasteiger partial charge in [0.15, 0.2) is 0 Å². The summed E-state index contributed by atoms with van der Waals surface area (Å²) in [6.45, 7) is 9.65. The number of hydrogen-bond donors (Lipinski definition) is 2. The van der Waals surface area contributed by atoms with E-state index < -0.39 is 5.41 Å². The molecule has 0 aliphatic carbocycles. The molecule has 2 N–H and O–H groups in total. The molecule has 0 aromatic heterocycles. The first kappa shape index (κ1) is 30.0. The molecule has 0 bridgehead atoms. The average Bonchev–Trinajstić information content (AvgIpc) is 2.85. The molecule has 0 radical (unpaired) electrons. The van der Waals surface area contributed by atoms with Crippen molar-refractivity contribution in [2.75, 3.05) is 54.4 Å². The van der Waals surface area contributed by atoms with Crippen molar-refractivity contribution in [1.29, 1.82) is 0 Å². The number of benzene rings is 2. The standard InChI is InChI=1S/C28H42O8/c1-7-34-10-11-36-19-23-15-25(13-21(17-33-6)27(23)30)28(2,3)24-12-20(16-32-5)26(29)22(14-24)18-35-9-8-31-4/h12-15,29-30H,7-11,16-19H2,1-6H3. The molecule has 2 aromatic rings. The highest BCUT2D eigenvalue weighted by molar-refractivity contribution is 5.52. The van der Waals surface area contributed by atoms with Crippen molar-refractivity contribution < 1.29 is 38.6 Å². The van der Waals surface area contributed by atoms with Gasteiger partial charge in [-0.3, -0.25) is 0 Å². The summed E-state index contributed by atoms with van der Waals surface area (Å²) in [5.74, 6) is 0.341. The van der Waals surface area contributed by atoms with Crippen LogP contribution in [0, 0.1) is 0 Å². The number of ether oxygens (including phenoxy) is 6. The summed E-state index contributed by atoms with van der Waals surface area (Å²) in [6.07, 6.45) is 0. The highest BCUT2D eigenvalue weighted by Crippen LogP contribution is 2.39. The third-order valence-corrected chi connectivity index (χ3v) is 6.10. The van der Waals surface area contributed by atoms with Gasteiger partial charge in [0, 0.05) is 55.6 Å². The topological polar surface area (TPSA) is 95.8 Å². The fourth-order valence-electron chi connectivity index (χ4n) is 3.93. The van der Waals surface area contributed by atoms with Gasteiger partial charge in [-0.25, -0.2) is 0 Å². The van der Waals surface area contributed by atoms with E-state index in [0.29, 0.717) is 55.3 Å². The van der Waals surface area contributed by atoms with E-state index in [4.69, 9.17) is 28.4 Å². The van der Waals surface area contributed by atoms with Gasteiger partial charge in [-0.05, 0) is 42.3 Å². The highest BCUT2D eigenvalue weighted by Gasteiger charge is 2.28. The Bertz CT molecular complexity index is 942. The molecule has 0 heterocycles. The third kappa shape index (κ3) is 8.16. The van der Waals surface area contributed by atoms with Crippen LogP contribution in [0.3, 0.4) is 0 Å². The SMILES string of the molecule is CCOCCOCc1cc(C(C)(C)c2cc(COC)c(O)c(COCCOC)c2)cc(COC)c1O. The van der Waals surface area contributed by atoms with Gasteiger partial charge in [0.25, 0.3) is 0 Å². The summed E-state index contributed by atoms with van der Waals surface area (Å²) in [6, 6.07) is 7.84. The lowest BCUT2D eigenvalue weighted by molar-refractivity contribution is 0.0445. The van der Waals surface area contributed by atoms with Gasteiger partial charge in [0.2, 0.25) is 0 Å². The van der Waals surface area contributed by atoms with E-state index in [9.17, 15) is 10.2 Å². The lowest BCUT2D eigenvalue weighted by Gasteiger charge is -2.29. The van der Waals surface area contributed by atoms with Crippen LogP contribution in [0.1, 0.15) is 54.2 Å². The summed E-state index contributed by atoms with van der Waals surface area (Å²) in [5, 5.41) is 21.7. The van der Waals surface area contributed by atoms with Crippen molar-refractivity contribution in [3.05, 3.63) is 57.6 Å². The number of methoxy groups -OCH3 is 3. The second-order valence-electron chi connectivity index (χ2n) is 9.07. The average molecular weight is 507 g/mol. The first-order valence-electron chi connectivity index (χ1n) is 12.2. The second kappa shape index (κ2) is 15.1. The van der Waals surface area contributed by atoms with Crippen molar-refractivity contribution in [2.24, 2.45) is 0 Å². The first-order chi connectivity index (χ1) is 17.3. The van der Waals surface area contributed by atoms with Crippen molar-refractivity contribution in [3.63, 3.8) is 0 Å². The Balaban J connectivity index is 2.46. The zero-order valence-electron chi connectivity index (χ0n) is 22.5. The largest absolute Gasteiger partial charge is 0.507 e. The zero-order chi connectivity index (χ0) is 26.6. The van der Waals surface area contributed by atoms with Gasteiger partial charge >= 0.3 is 0 Å². The Kier molecular flexibility index (Phi) is 12.6. The van der Waals surface area contributed by atoms with Gasteiger partial charge in [-0.15, -0.1) is 0 Å². The molecule has 0 saturated heterocycles. The summed E-state index contributed by atoms with van der Waals surface area (Å²) >= 11 is 0. The fraction of sp³-hybridized carbons (Fsp3) is 0.571. The lowest BCUT2D eigenvalue weighted by atomic mass is 9.76. The summed E-state index contributed by atoms with van der Waals surface area (Å²) in [7, 11) is 4.82. The summed E-state index contributed by atoms with van der Waals surface area (Å²) in [4.78, 5) is 0. The van der Waals surface area contributed by atoms with Crippen molar-refractivity contribution in [3.8, 4) is 11.5 Å². The molecule has 2 aromatic carbocycles. The van der Waals surface area contributed by atoms with E-state index in [1.807, 2.05) is 31.2 Å². The maximum Gasteiger partial charge on any atom is 0.126 e. The Labute approximate surface area is 215 Å². The molecule has 0 spiro atoms. The minimum Gasteiger partial charge on any atom is -0.507 e. The van der Waals surface area contributed by atoms with Crippen LogP contribution in [-0.2, 0) is 60.3 Å². The van der Waals surface area contributed by atoms with Gasteiger partial charge in [0.1, 0.15) is 11.5 Å². The molecule has 0 fully saturated rings. The highest BCUT2D eigenvalue weighted by atomic mass is 16.5. The van der Waals surface area contributed by atoms with Gasteiger partial charge < -0.3 is 38.6 Å². The fourth-order valence-corrected chi connectivity index (χ4v) is 3.93. The number of aromatic hydroxyl groups is 2. The van der Waals surface area contributed by atoms with Crippen LogP contribution in [0.2, 0.25) is 0 Å². The molecular formula is C28H42O8. The molecule has 2 rings (SSSR count).